The van der Waals surface area contributed by atoms with Gasteiger partial charge >= 0.3 is 5.97 Å². The maximum absolute atomic E-state index is 13.0. The van der Waals surface area contributed by atoms with Crippen molar-refractivity contribution in [1.29, 1.82) is 5.26 Å². The average molecular weight is 361 g/mol. The third-order valence-corrected chi connectivity index (χ3v) is 3.82. The molecule has 0 N–H and O–H groups in total. The summed E-state index contributed by atoms with van der Waals surface area (Å²) in [5.41, 5.74) is 0.371. The van der Waals surface area contributed by atoms with E-state index < -0.39 is 11.5 Å². The Morgan fingerprint density at radius 2 is 1.96 bits per heavy atom. The van der Waals surface area contributed by atoms with Gasteiger partial charge in [-0.05, 0) is 36.8 Å². The number of ether oxygens (including phenoxy) is 2. The zero-order valence-corrected chi connectivity index (χ0v) is 14.7. The summed E-state index contributed by atoms with van der Waals surface area (Å²) in [7, 11) is 1.16. The molecule has 0 saturated heterocycles. The number of methoxy groups -OCH3 is 1. The van der Waals surface area contributed by atoms with Gasteiger partial charge in [0.1, 0.15) is 28.6 Å². The molecule has 7 heteroatoms. The predicted octanol–water partition coefficient (Wildman–Crippen LogP) is 2.88. The predicted molar refractivity (Wildman–Crippen MR) is 98.3 cm³/mol. The van der Waals surface area contributed by atoms with E-state index in [2.05, 4.69) is 9.72 Å². The van der Waals surface area contributed by atoms with E-state index >= 15 is 0 Å². The van der Waals surface area contributed by atoms with Gasteiger partial charge in [0.15, 0.2) is 0 Å². The van der Waals surface area contributed by atoms with Crippen LogP contribution in [0.2, 0.25) is 0 Å². The van der Waals surface area contributed by atoms with Gasteiger partial charge in [0.05, 0.1) is 7.11 Å². The van der Waals surface area contributed by atoms with Crippen LogP contribution < -0.4 is 10.3 Å². The van der Waals surface area contributed by atoms with E-state index in [1.165, 1.54) is 4.40 Å². The van der Waals surface area contributed by atoms with Crippen molar-refractivity contribution >= 4 is 17.7 Å². The summed E-state index contributed by atoms with van der Waals surface area (Å²) in [5, 5.41) is 9.23. The third-order valence-electron chi connectivity index (χ3n) is 3.82. The summed E-state index contributed by atoms with van der Waals surface area (Å²) in [4.78, 5) is 29.2. The molecule has 0 aliphatic carbocycles. The Morgan fingerprint density at radius 1 is 1.22 bits per heavy atom. The smallest absolute Gasteiger partial charge is 0.348 e. The average Bonchev–Trinajstić information content (AvgIpc) is 2.69. The number of hydrogen-bond acceptors (Lipinski definition) is 6. The highest BCUT2D eigenvalue weighted by Crippen LogP contribution is 2.24. The van der Waals surface area contributed by atoms with Crippen LogP contribution >= 0.6 is 0 Å². The number of esters is 1. The number of nitriles is 1. The SMILES string of the molecule is COC(=O)/C(C#N)=C/c1c(Oc2ccccc2)nc2c(C)cccn2c1=O. The molecule has 3 aromatic rings. The van der Waals surface area contributed by atoms with Crippen LogP contribution in [0.15, 0.2) is 59.0 Å². The number of pyridine rings is 1. The van der Waals surface area contributed by atoms with E-state index in [1.54, 1.807) is 42.6 Å². The molecule has 0 radical (unpaired) electrons. The second-order valence-electron chi connectivity index (χ2n) is 5.60. The monoisotopic (exact) mass is 361 g/mol. The zero-order chi connectivity index (χ0) is 19.4. The molecule has 2 aromatic heterocycles. The van der Waals surface area contributed by atoms with Gasteiger partial charge in [0.25, 0.3) is 5.56 Å². The molecule has 134 valence electrons. The first-order valence-corrected chi connectivity index (χ1v) is 8.00. The number of aryl methyl sites for hydroxylation is 1. The fraction of sp³-hybridized carbons (Fsp3) is 0.100. The number of carbonyl (C=O) groups excluding carboxylic acids is 1. The molecule has 0 aliphatic rings. The Labute approximate surface area is 154 Å². The first-order valence-electron chi connectivity index (χ1n) is 8.00. The van der Waals surface area contributed by atoms with Crippen molar-refractivity contribution in [1.82, 2.24) is 9.38 Å². The second-order valence-corrected chi connectivity index (χ2v) is 5.60. The number of aromatic nitrogens is 2. The third kappa shape index (κ3) is 3.55. The maximum Gasteiger partial charge on any atom is 0.348 e. The van der Waals surface area contributed by atoms with Gasteiger partial charge < -0.3 is 9.47 Å². The van der Waals surface area contributed by atoms with Crippen LogP contribution in [0, 0.1) is 18.3 Å². The summed E-state index contributed by atoms with van der Waals surface area (Å²) in [6.45, 7) is 1.82. The van der Waals surface area contributed by atoms with Crippen LogP contribution in [0.25, 0.3) is 11.7 Å². The van der Waals surface area contributed by atoms with E-state index in [9.17, 15) is 14.9 Å². The van der Waals surface area contributed by atoms with Crippen molar-refractivity contribution < 1.29 is 14.3 Å². The Balaban J connectivity index is 2.29. The van der Waals surface area contributed by atoms with Gasteiger partial charge in [-0.3, -0.25) is 9.20 Å². The van der Waals surface area contributed by atoms with Crippen LogP contribution in [0.3, 0.4) is 0 Å². The van der Waals surface area contributed by atoms with Crippen LogP contribution in [0.1, 0.15) is 11.1 Å². The number of para-hydroxylation sites is 1. The highest BCUT2D eigenvalue weighted by atomic mass is 16.5. The topological polar surface area (TPSA) is 93.7 Å². The number of hydrogen-bond donors (Lipinski definition) is 0. The first-order chi connectivity index (χ1) is 13.0. The van der Waals surface area contributed by atoms with Crippen molar-refractivity contribution in [3.8, 4) is 17.7 Å². The van der Waals surface area contributed by atoms with Crippen LogP contribution in [-0.4, -0.2) is 22.5 Å². The Hall–Kier alpha value is -3.92. The van der Waals surface area contributed by atoms with Gasteiger partial charge in [0, 0.05) is 6.20 Å². The van der Waals surface area contributed by atoms with Crippen molar-refractivity contribution in [2.45, 2.75) is 6.92 Å². The van der Waals surface area contributed by atoms with E-state index in [4.69, 9.17) is 4.74 Å². The minimum absolute atomic E-state index is 0.00264. The first kappa shape index (κ1) is 17.9. The van der Waals surface area contributed by atoms with Gasteiger partial charge in [-0.15, -0.1) is 0 Å². The van der Waals surface area contributed by atoms with Crippen LogP contribution in [0.4, 0.5) is 0 Å². The zero-order valence-electron chi connectivity index (χ0n) is 14.7. The molecule has 0 bridgehead atoms. The summed E-state index contributed by atoms with van der Waals surface area (Å²) < 4.78 is 11.7. The normalized spacial score (nSPS) is 11.1. The molecule has 0 unspecified atom stereocenters. The minimum atomic E-state index is -0.850. The summed E-state index contributed by atoms with van der Waals surface area (Å²) in [6, 6.07) is 14.1. The molecule has 0 fully saturated rings. The summed E-state index contributed by atoms with van der Waals surface area (Å²) >= 11 is 0. The van der Waals surface area contributed by atoms with Gasteiger partial charge in [-0.25, -0.2) is 4.79 Å². The van der Waals surface area contributed by atoms with Gasteiger partial charge in [-0.2, -0.15) is 10.2 Å². The highest BCUT2D eigenvalue weighted by molar-refractivity contribution is 5.98. The Bertz CT molecular complexity index is 1140. The molecule has 3 rings (SSSR count). The highest BCUT2D eigenvalue weighted by Gasteiger charge is 2.18. The number of benzene rings is 1. The van der Waals surface area contributed by atoms with Crippen molar-refractivity contribution in [3.63, 3.8) is 0 Å². The fourth-order valence-corrected chi connectivity index (χ4v) is 2.48. The molecule has 7 nitrogen and oxygen atoms in total. The summed E-state index contributed by atoms with van der Waals surface area (Å²) in [5.74, 6) is -0.386. The quantitative estimate of drug-likeness (QED) is 0.403. The van der Waals surface area contributed by atoms with Crippen LogP contribution in [-0.2, 0) is 9.53 Å². The number of fused-ring (bicyclic) bond motifs is 1. The lowest BCUT2D eigenvalue weighted by Gasteiger charge is -2.11. The van der Waals surface area contributed by atoms with E-state index in [0.29, 0.717) is 11.4 Å². The van der Waals surface area contributed by atoms with Crippen molar-refractivity contribution in [2.75, 3.05) is 7.11 Å². The molecule has 0 atom stereocenters. The lowest BCUT2D eigenvalue weighted by atomic mass is 10.2. The van der Waals surface area contributed by atoms with Crippen LogP contribution in [0.5, 0.6) is 11.6 Å². The molecular formula is C20H15N3O4. The summed E-state index contributed by atoms with van der Waals surface area (Å²) in [6.07, 6.45) is 2.69. The molecule has 0 spiro atoms. The van der Waals surface area contributed by atoms with E-state index in [-0.39, 0.29) is 17.0 Å². The molecule has 0 amide bonds. The lowest BCUT2D eigenvalue weighted by molar-refractivity contribution is -0.135. The van der Waals surface area contributed by atoms with E-state index in [0.717, 1.165) is 18.7 Å². The van der Waals surface area contributed by atoms with Crippen molar-refractivity contribution in [2.24, 2.45) is 0 Å². The Kier molecular flexibility index (Phi) is 4.99. The maximum atomic E-state index is 13.0. The van der Waals surface area contributed by atoms with E-state index in [1.807, 2.05) is 19.1 Å². The molecule has 0 aliphatic heterocycles. The lowest BCUT2D eigenvalue weighted by Crippen LogP contribution is -2.20. The van der Waals surface area contributed by atoms with Gasteiger partial charge in [0.2, 0.25) is 5.88 Å². The number of rotatable bonds is 4. The Morgan fingerprint density at radius 3 is 2.63 bits per heavy atom. The minimum Gasteiger partial charge on any atom is -0.465 e. The molecular weight excluding hydrogens is 346 g/mol. The molecule has 27 heavy (non-hydrogen) atoms. The van der Waals surface area contributed by atoms with Crippen molar-refractivity contribution in [3.05, 3.63) is 75.7 Å². The number of nitrogens with zero attached hydrogens (tertiary/aromatic N) is 3. The molecule has 0 saturated carbocycles. The second kappa shape index (κ2) is 7.54. The molecule has 1 aromatic carbocycles. The standard InChI is InChI=1S/C20H15N3O4/c1-13-7-6-10-23-17(13)22-18(27-15-8-4-3-5-9-15)16(19(23)24)11-14(12-21)20(25)26-2/h3-11H,1-2H3/b14-11+. The fourth-order valence-electron chi connectivity index (χ4n) is 2.48. The largest absolute Gasteiger partial charge is 0.465 e. The molecule has 2 heterocycles. The number of carbonyl (C=O) groups is 1. The van der Waals surface area contributed by atoms with Gasteiger partial charge in [-0.1, -0.05) is 24.3 Å².